The summed E-state index contributed by atoms with van der Waals surface area (Å²) >= 11 is 0. The molecule has 0 saturated carbocycles. The first-order valence-electron chi connectivity index (χ1n) is 6.06. The normalized spacial score (nSPS) is 15.6. The summed E-state index contributed by atoms with van der Waals surface area (Å²) in [5.41, 5.74) is 5.23. The maximum Gasteiger partial charge on any atom is 0.266 e. The molecule has 20 heavy (non-hydrogen) atoms. The summed E-state index contributed by atoms with van der Waals surface area (Å²) in [4.78, 5) is 5.97. The molecule has 3 rings (SSSR count). The number of morpholine rings is 1. The maximum atomic E-state index is 13.7. The van der Waals surface area contributed by atoms with Crippen molar-refractivity contribution in [3.05, 3.63) is 23.8 Å². The zero-order valence-corrected chi connectivity index (χ0v) is 10.5. The first-order valence-corrected chi connectivity index (χ1v) is 6.06. The standard InChI is InChI=1S/C12H12F2N4O2/c13-8-6-9(14)10(15)5-7(8)11-16-12(17-20-11)18-1-3-19-4-2-18/h5-6H,1-4,15H2. The van der Waals surface area contributed by atoms with E-state index in [1.54, 1.807) is 0 Å². The van der Waals surface area contributed by atoms with E-state index in [4.69, 9.17) is 15.0 Å². The second kappa shape index (κ2) is 5.04. The molecule has 1 aliphatic rings. The van der Waals surface area contributed by atoms with Gasteiger partial charge in [-0.2, -0.15) is 4.98 Å². The lowest BCUT2D eigenvalue weighted by atomic mass is 10.2. The Bertz CT molecular complexity index is 626. The molecule has 106 valence electrons. The summed E-state index contributed by atoms with van der Waals surface area (Å²) in [6.45, 7) is 2.41. The molecule has 0 spiro atoms. The average molecular weight is 282 g/mol. The van der Waals surface area contributed by atoms with Crippen LogP contribution in [0.2, 0.25) is 0 Å². The first kappa shape index (κ1) is 12.8. The number of aromatic nitrogens is 2. The van der Waals surface area contributed by atoms with Crippen molar-refractivity contribution in [2.45, 2.75) is 0 Å². The molecule has 2 heterocycles. The van der Waals surface area contributed by atoms with E-state index in [1.807, 2.05) is 4.90 Å². The summed E-state index contributed by atoms with van der Waals surface area (Å²) in [5.74, 6) is -1.30. The van der Waals surface area contributed by atoms with Crippen molar-refractivity contribution in [2.24, 2.45) is 0 Å². The molecule has 0 radical (unpaired) electrons. The van der Waals surface area contributed by atoms with Gasteiger partial charge in [-0.15, -0.1) is 0 Å². The van der Waals surface area contributed by atoms with Crippen LogP contribution in [0.15, 0.2) is 16.7 Å². The second-order valence-corrected chi connectivity index (χ2v) is 4.35. The van der Waals surface area contributed by atoms with Crippen molar-refractivity contribution in [1.82, 2.24) is 10.1 Å². The monoisotopic (exact) mass is 282 g/mol. The summed E-state index contributed by atoms with van der Waals surface area (Å²) in [6, 6.07) is 1.84. The maximum absolute atomic E-state index is 13.7. The number of nitrogens with zero attached hydrogens (tertiary/aromatic N) is 3. The topological polar surface area (TPSA) is 77.4 Å². The van der Waals surface area contributed by atoms with E-state index in [-0.39, 0.29) is 17.1 Å². The molecule has 1 saturated heterocycles. The smallest absolute Gasteiger partial charge is 0.266 e. The van der Waals surface area contributed by atoms with Gasteiger partial charge in [0, 0.05) is 19.2 Å². The van der Waals surface area contributed by atoms with E-state index in [1.165, 1.54) is 0 Å². The summed E-state index contributed by atoms with van der Waals surface area (Å²) in [7, 11) is 0. The molecule has 0 aliphatic carbocycles. The minimum atomic E-state index is -0.820. The van der Waals surface area contributed by atoms with Crippen molar-refractivity contribution in [3.63, 3.8) is 0 Å². The van der Waals surface area contributed by atoms with Gasteiger partial charge in [0.15, 0.2) is 0 Å². The van der Waals surface area contributed by atoms with Crippen LogP contribution >= 0.6 is 0 Å². The quantitative estimate of drug-likeness (QED) is 0.840. The highest BCUT2D eigenvalue weighted by molar-refractivity contribution is 5.62. The van der Waals surface area contributed by atoms with Crippen LogP contribution in [-0.2, 0) is 4.74 Å². The van der Waals surface area contributed by atoms with Gasteiger partial charge in [0.2, 0.25) is 0 Å². The van der Waals surface area contributed by atoms with Crippen LogP contribution in [0.3, 0.4) is 0 Å². The van der Waals surface area contributed by atoms with Crippen LogP contribution in [0.5, 0.6) is 0 Å². The van der Waals surface area contributed by atoms with Crippen molar-refractivity contribution < 1.29 is 18.0 Å². The van der Waals surface area contributed by atoms with E-state index < -0.39 is 11.6 Å². The molecule has 0 atom stereocenters. The van der Waals surface area contributed by atoms with Crippen LogP contribution in [0, 0.1) is 11.6 Å². The Balaban J connectivity index is 1.91. The van der Waals surface area contributed by atoms with Gasteiger partial charge in [0.25, 0.3) is 11.8 Å². The van der Waals surface area contributed by atoms with Gasteiger partial charge in [-0.1, -0.05) is 0 Å². The molecule has 2 aromatic rings. The third kappa shape index (κ3) is 2.29. The lowest BCUT2D eigenvalue weighted by molar-refractivity contribution is 0.121. The molecule has 0 unspecified atom stereocenters. The van der Waals surface area contributed by atoms with Gasteiger partial charge in [0.1, 0.15) is 11.6 Å². The number of hydrogen-bond acceptors (Lipinski definition) is 6. The van der Waals surface area contributed by atoms with E-state index in [0.29, 0.717) is 38.3 Å². The van der Waals surface area contributed by atoms with Crippen molar-refractivity contribution in [2.75, 3.05) is 36.9 Å². The molecular formula is C12H12F2N4O2. The molecule has 1 fully saturated rings. The lowest BCUT2D eigenvalue weighted by Crippen LogP contribution is -2.36. The van der Waals surface area contributed by atoms with Crippen LogP contribution in [0.1, 0.15) is 0 Å². The molecule has 0 bridgehead atoms. The number of nitrogens with two attached hydrogens (primary N) is 1. The average Bonchev–Trinajstić information content (AvgIpc) is 2.93. The number of nitrogen functional groups attached to an aromatic ring is 1. The van der Waals surface area contributed by atoms with Gasteiger partial charge >= 0.3 is 0 Å². The Morgan fingerprint density at radius 1 is 1.15 bits per heavy atom. The predicted molar refractivity (Wildman–Crippen MR) is 67.1 cm³/mol. The summed E-state index contributed by atoms with van der Waals surface area (Å²) in [6.07, 6.45) is 0. The minimum Gasteiger partial charge on any atom is -0.396 e. The van der Waals surface area contributed by atoms with Gasteiger partial charge < -0.3 is 19.9 Å². The molecule has 6 nitrogen and oxygen atoms in total. The fourth-order valence-electron chi connectivity index (χ4n) is 1.95. The third-order valence-corrected chi connectivity index (χ3v) is 3.03. The van der Waals surface area contributed by atoms with Crippen LogP contribution in [-0.4, -0.2) is 36.4 Å². The highest BCUT2D eigenvalue weighted by Crippen LogP contribution is 2.27. The minimum absolute atomic E-state index is 0.0177. The van der Waals surface area contributed by atoms with E-state index in [2.05, 4.69) is 10.1 Å². The highest BCUT2D eigenvalue weighted by Gasteiger charge is 2.20. The van der Waals surface area contributed by atoms with Crippen molar-refractivity contribution >= 4 is 11.6 Å². The molecule has 1 aromatic heterocycles. The zero-order valence-electron chi connectivity index (χ0n) is 10.5. The number of rotatable bonds is 2. The predicted octanol–water partition coefficient (Wildman–Crippen LogP) is 1.43. The fourth-order valence-corrected chi connectivity index (χ4v) is 1.95. The molecule has 0 amide bonds. The highest BCUT2D eigenvalue weighted by atomic mass is 19.1. The van der Waals surface area contributed by atoms with Crippen molar-refractivity contribution in [3.8, 4) is 11.5 Å². The Morgan fingerprint density at radius 3 is 2.65 bits per heavy atom. The number of anilines is 2. The largest absolute Gasteiger partial charge is 0.396 e. The van der Waals surface area contributed by atoms with Gasteiger partial charge in [-0.3, -0.25) is 0 Å². The molecule has 1 aliphatic heterocycles. The van der Waals surface area contributed by atoms with Crippen LogP contribution in [0.25, 0.3) is 11.5 Å². The van der Waals surface area contributed by atoms with E-state index in [0.717, 1.165) is 6.07 Å². The van der Waals surface area contributed by atoms with Gasteiger partial charge in [-0.05, 0) is 11.2 Å². The fraction of sp³-hybridized carbons (Fsp3) is 0.333. The molecule has 8 heteroatoms. The Morgan fingerprint density at radius 2 is 1.90 bits per heavy atom. The second-order valence-electron chi connectivity index (χ2n) is 4.35. The SMILES string of the molecule is Nc1cc(-c2nc(N3CCOCC3)no2)c(F)cc1F. The molecule has 2 N–H and O–H groups in total. The van der Waals surface area contributed by atoms with E-state index in [9.17, 15) is 8.78 Å². The zero-order chi connectivity index (χ0) is 14.1. The van der Waals surface area contributed by atoms with E-state index >= 15 is 0 Å². The molecule has 1 aromatic carbocycles. The first-order chi connectivity index (χ1) is 9.65. The Labute approximate surface area is 113 Å². The van der Waals surface area contributed by atoms with Crippen LogP contribution < -0.4 is 10.6 Å². The lowest BCUT2D eigenvalue weighted by Gasteiger charge is -2.24. The number of hydrogen-bond donors (Lipinski definition) is 1. The Kier molecular flexibility index (Phi) is 3.23. The summed E-state index contributed by atoms with van der Waals surface area (Å²) < 4.78 is 37.1. The summed E-state index contributed by atoms with van der Waals surface area (Å²) in [5, 5.41) is 3.79. The number of halogens is 2. The van der Waals surface area contributed by atoms with Crippen LogP contribution in [0.4, 0.5) is 20.4 Å². The van der Waals surface area contributed by atoms with Gasteiger partial charge in [0.05, 0.1) is 24.5 Å². The number of benzene rings is 1. The molecular weight excluding hydrogens is 270 g/mol. The van der Waals surface area contributed by atoms with Gasteiger partial charge in [-0.25, -0.2) is 8.78 Å². The third-order valence-electron chi connectivity index (χ3n) is 3.03. The number of ether oxygens (including phenoxy) is 1. The van der Waals surface area contributed by atoms with Crippen molar-refractivity contribution in [1.29, 1.82) is 0 Å². The Hall–Kier alpha value is -2.22.